The monoisotopic (exact) mass is 183 g/mol. The highest BCUT2D eigenvalue weighted by molar-refractivity contribution is 5.18. The van der Waals surface area contributed by atoms with Crippen LogP contribution in [0.15, 0.2) is 0 Å². The van der Waals surface area contributed by atoms with Gasteiger partial charge in [0.1, 0.15) is 0 Å². The minimum Gasteiger partial charge on any atom is -0.391 e. The highest BCUT2D eigenvalue weighted by atomic mass is 16.3. The fourth-order valence-corrected chi connectivity index (χ4v) is 4.00. The normalized spacial score (nSPS) is 47.5. The lowest BCUT2D eigenvalue weighted by molar-refractivity contribution is -0.0329. The van der Waals surface area contributed by atoms with Gasteiger partial charge in [-0.05, 0) is 44.7 Å². The third kappa shape index (κ3) is 0.861. The molecule has 0 radical (unpaired) electrons. The number of fused-ring (bicyclic) bond motifs is 2. The minimum absolute atomic E-state index is 0.0532. The van der Waals surface area contributed by atoms with Crippen molar-refractivity contribution in [2.45, 2.75) is 44.8 Å². The van der Waals surface area contributed by atoms with Gasteiger partial charge in [-0.2, -0.15) is 0 Å². The van der Waals surface area contributed by atoms with Gasteiger partial charge in [-0.25, -0.2) is 0 Å². The van der Waals surface area contributed by atoms with Crippen LogP contribution in [0, 0.1) is 11.3 Å². The highest BCUT2D eigenvalue weighted by Gasteiger charge is 2.64. The van der Waals surface area contributed by atoms with E-state index in [2.05, 4.69) is 32.8 Å². The van der Waals surface area contributed by atoms with Gasteiger partial charge in [-0.1, -0.05) is 13.8 Å². The van der Waals surface area contributed by atoms with Crippen LogP contribution in [-0.4, -0.2) is 35.7 Å². The molecule has 3 atom stereocenters. The molecule has 2 rings (SSSR count). The smallest absolute Gasteiger partial charge is 0.0731 e. The average Bonchev–Trinajstić information content (AvgIpc) is 2.35. The molecule has 2 bridgehead atoms. The van der Waals surface area contributed by atoms with Crippen LogP contribution < -0.4 is 0 Å². The summed E-state index contributed by atoms with van der Waals surface area (Å²) < 4.78 is 0. The summed E-state index contributed by atoms with van der Waals surface area (Å²) >= 11 is 0. The van der Waals surface area contributed by atoms with Gasteiger partial charge in [-0.3, -0.25) is 0 Å². The van der Waals surface area contributed by atoms with Gasteiger partial charge in [0.05, 0.1) is 11.6 Å². The van der Waals surface area contributed by atoms with Crippen molar-refractivity contribution >= 4 is 0 Å². The van der Waals surface area contributed by atoms with Crippen molar-refractivity contribution in [3.63, 3.8) is 0 Å². The van der Waals surface area contributed by atoms with E-state index in [-0.39, 0.29) is 17.1 Å². The maximum absolute atomic E-state index is 10.1. The maximum Gasteiger partial charge on any atom is 0.0731 e. The van der Waals surface area contributed by atoms with Crippen molar-refractivity contribution in [3.05, 3.63) is 0 Å². The van der Waals surface area contributed by atoms with Gasteiger partial charge in [0.25, 0.3) is 0 Å². The molecule has 3 unspecified atom stereocenters. The first-order chi connectivity index (χ1) is 5.93. The van der Waals surface area contributed by atoms with Crippen LogP contribution in [0.5, 0.6) is 0 Å². The highest BCUT2D eigenvalue weighted by Crippen LogP contribution is 2.62. The summed E-state index contributed by atoms with van der Waals surface area (Å²) in [7, 11) is 4.22. The van der Waals surface area contributed by atoms with Crippen molar-refractivity contribution in [2.75, 3.05) is 14.1 Å². The molecule has 0 aromatic rings. The van der Waals surface area contributed by atoms with Crippen LogP contribution in [-0.2, 0) is 0 Å². The van der Waals surface area contributed by atoms with Crippen molar-refractivity contribution < 1.29 is 5.11 Å². The van der Waals surface area contributed by atoms with Crippen LogP contribution in [0.25, 0.3) is 0 Å². The second kappa shape index (κ2) is 2.48. The Morgan fingerprint density at radius 2 is 1.92 bits per heavy atom. The Labute approximate surface area is 80.9 Å². The summed E-state index contributed by atoms with van der Waals surface area (Å²) in [5, 5.41) is 10.1. The lowest BCUT2D eigenvalue weighted by atomic mass is 9.74. The van der Waals surface area contributed by atoms with Crippen LogP contribution in [0.2, 0.25) is 0 Å². The zero-order chi connectivity index (χ0) is 9.85. The number of nitrogens with zero attached hydrogens (tertiary/aromatic N) is 1. The summed E-state index contributed by atoms with van der Waals surface area (Å²) in [6.45, 7) is 4.64. The second-order valence-electron chi connectivity index (χ2n) is 5.53. The number of hydrogen-bond acceptors (Lipinski definition) is 2. The lowest BCUT2D eigenvalue weighted by Gasteiger charge is -2.46. The van der Waals surface area contributed by atoms with E-state index in [1.165, 1.54) is 12.8 Å². The molecule has 0 aromatic carbocycles. The molecule has 0 amide bonds. The molecule has 2 nitrogen and oxygen atoms in total. The zero-order valence-corrected chi connectivity index (χ0v) is 9.17. The fourth-order valence-electron chi connectivity index (χ4n) is 4.00. The first-order valence-corrected chi connectivity index (χ1v) is 5.28. The molecular formula is C11H21NO. The first-order valence-electron chi connectivity index (χ1n) is 5.28. The van der Waals surface area contributed by atoms with E-state index in [0.717, 1.165) is 12.3 Å². The molecule has 76 valence electrons. The summed E-state index contributed by atoms with van der Waals surface area (Å²) in [4.78, 5) is 2.25. The van der Waals surface area contributed by atoms with Crippen molar-refractivity contribution in [1.82, 2.24) is 4.90 Å². The third-order valence-electron chi connectivity index (χ3n) is 4.87. The van der Waals surface area contributed by atoms with Gasteiger partial charge in [0.2, 0.25) is 0 Å². The molecule has 2 fully saturated rings. The molecule has 1 N–H and O–H groups in total. The minimum atomic E-state index is -0.115. The molecule has 0 aromatic heterocycles. The Bertz CT molecular complexity index is 224. The predicted octanol–water partition coefficient (Wildman–Crippen LogP) is 1.49. The molecule has 13 heavy (non-hydrogen) atoms. The van der Waals surface area contributed by atoms with Crippen LogP contribution >= 0.6 is 0 Å². The maximum atomic E-state index is 10.1. The Hall–Kier alpha value is -0.0800. The summed E-state index contributed by atoms with van der Waals surface area (Å²) in [6, 6.07) is 0. The second-order valence-corrected chi connectivity index (χ2v) is 5.53. The van der Waals surface area contributed by atoms with Gasteiger partial charge in [0.15, 0.2) is 0 Å². The van der Waals surface area contributed by atoms with E-state index in [0.29, 0.717) is 0 Å². The van der Waals surface area contributed by atoms with Crippen molar-refractivity contribution in [1.29, 1.82) is 0 Å². The quantitative estimate of drug-likeness (QED) is 0.665. The van der Waals surface area contributed by atoms with E-state index in [1.54, 1.807) is 0 Å². The van der Waals surface area contributed by atoms with Gasteiger partial charge < -0.3 is 10.0 Å². The SMILES string of the molecule is CN(C)C12CCC(CC1O)C2(C)C. The average molecular weight is 183 g/mol. The Balaban J connectivity index is 2.43. The molecule has 2 aliphatic rings. The van der Waals surface area contributed by atoms with E-state index in [9.17, 15) is 5.11 Å². The number of likely N-dealkylation sites (N-methyl/N-ethyl adjacent to an activating group) is 1. The zero-order valence-electron chi connectivity index (χ0n) is 9.17. The molecule has 0 saturated heterocycles. The molecule has 2 aliphatic carbocycles. The summed E-state index contributed by atoms with van der Waals surface area (Å²) in [5.74, 6) is 0.727. The molecule has 0 heterocycles. The molecule has 0 aliphatic heterocycles. The van der Waals surface area contributed by atoms with E-state index in [1.807, 2.05) is 0 Å². The van der Waals surface area contributed by atoms with E-state index < -0.39 is 0 Å². The number of aliphatic hydroxyl groups is 1. The van der Waals surface area contributed by atoms with Crippen molar-refractivity contribution in [2.24, 2.45) is 11.3 Å². The van der Waals surface area contributed by atoms with Crippen molar-refractivity contribution in [3.8, 4) is 0 Å². The predicted molar refractivity (Wildman–Crippen MR) is 53.5 cm³/mol. The van der Waals surface area contributed by atoms with Gasteiger partial charge >= 0.3 is 0 Å². The van der Waals surface area contributed by atoms with E-state index in [4.69, 9.17) is 0 Å². The molecule has 0 spiro atoms. The third-order valence-corrected chi connectivity index (χ3v) is 4.87. The van der Waals surface area contributed by atoms with Crippen LogP contribution in [0.1, 0.15) is 33.1 Å². The molecular weight excluding hydrogens is 162 g/mol. The number of hydrogen-bond donors (Lipinski definition) is 1. The fraction of sp³-hybridized carbons (Fsp3) is 1.00. The molecule has 2 heteroatoms. The Morgan fingerprint density at radius 1 is 1.31 bits per heavy atom. The van der Waals surface area contributed by atoms with Gasteiger partial charge in [0, 0.05) is 0 Å². The summed E-state index contributed by atoms with van der Waals surface area (Å²) in [5.41, 5.74) is 0.341. The van der Waals surface area contributed by atoms with Crippen LogP contribution in [0.3, 0.4) is 0 Å². The van der Waals surface area contributed by atoms with E-state index >= 15 is 0 Å². The largest absolute Gasteiger partial charge is 0.391 e. The molecule has 2 saturated carbocycles. The number of aliphatic hydroxyl groups excluding tert-OH is 1. The summed E-state index contributed by atoms with van der Waals surface area (Å²) in [6.07, 6.45) is 3.35. The Kier molecular flexibility index (Phi) is 1.81. The standard InChI is InChI=1S/C11H21NO/c1-10(2)8-5-6-11(10,12(3)4)9(13)7-8/h8-9,13H,5-7H2,1-4H3. The topological polar surface area (TPSA) is 23.5 Å². The first kappa shape index (κ1) is 9.47. The lowest BCUT2D eigenvalue weighted by Crippen LogP contribution is -2.56. The number of rotatable bonds is 1. The van der Waals surface area contributed by atoms with Gasteiger partial charge in [-0.15, -0.1) is 0 Å². The Morgan fingerprint density at radius 3 is 2.15 bits per heavy atom. The van der Waals surface area contributed by atoms with Crippen LogP contribution in [0.4, 0.5) is 0 Å².